The molecule has 0 N–H and O–H groups in total. The van der Waals surface area contributed by atoms with E-state index in [1.54, 1.807) is 6.92 Å². The van der Waals surface area contributed by atoms with E-state index in [1.165, 1.54) is 24.3 Å². The normalized spacial score (nSPS) is 19.3. The summed E-state index contributed by atoms with van der Waals surface area (Å²) in [7, 11) is 0. The molecule has 0 aliphatic carbocycles. The summed E-state index contributed by atoms with van der Waals surface area (Å²) < 4.78 is 60.1. The number of hydrogen-bond acceptors (Lipinski definition) is 3. The quantitative estimate of drug-likeness (QED) is 0.497. The summed E-state index contributed by atoms with van der Waals surface area (Å²) in [5, 5.41) is 0. The van der Waals surface area contributed by atoms with E-state index < -0.39 is 23.6 Å². The topological polar surface area (TPSA) is 27.7 Å². The molecule has 2 aromatic rings. The molecule has 158 valence electrons. The van der Waals surface area contributed by atoms with Crippen molar-refractivity contribution in [2.24, 2.45) is 5.92 Å². The Labute approximate surface area is 169 Å². The Hall–Kier alpha value is -2.05. The Bertz CT molecular complexity index is 817. The molecule has 1 aliphatic heterocycles. The molecule has 0 amide bonds. The van der Waals surface area contributed by atoms with Crippen LogP contribution in [-0.4, -0.2) is 26.4 Å². The number of hydrogen-bond donors (Lipinski definition) is 0. The van der Waals surface area contributed by atoms with Crippen molar-refractivity contribution in [1.82, 2.24) is 0 Å². The van der Waals surface area contributed by atoms with Crippen LogP contribution in [0.5, 0.6) is 5.75 Å². The van der Waals surface area contributed by atoms with Crippen molar-refractivity contribution in [2.75, 3.05) is 26.4 Å². The van der Waals surface area contributed by atoms with Gasteiger partial charge in [-0.1, -0.05) is 25.1 Å². The molecule has 3 nitrogen and oxygen atoms in total. The van der Waals surface area contributed by atoms with Gasteiger partial charge in [0.15, 0.2) is 23.2 Å². The smallest absolute Gasteiger partial charge is 0.167 e. The zero-order valence-corrected chi connectivity index (χ0v) is 16.8. The fourth-order valence-electron chi connectivity index (χ4n) is 3.55. The van der Waals surface area contributed by atoms with Gasteiger partial charge in [-0.15, -0.1) is 0 Å². The second kappa shape index (κ2) is 10.1. The highest BCUT2D eigenvalue weighted by molar-refractivity contribution is 5.66. The molecule has 0 saturated carbocycles. The molecule has 0 spiro atoms. The van der Waals surface area contributed by atoms with E-state index in [4.69, 9.17) is 14.2 Å². The van der Waals surface area contributed by atoms with Gasteiger partial charge >= 0.3 is 0 Å². The minimum atomic E-state index is -0.997. The summed E-state index contributed by atoms with van der Waals surface area (Å²) in [5.41, 5.74) is 0.465. The highest BCUT2D eigenvalue weighted by Crippen LogP contribution is 2.36. The first-order valence-corrected chi connectivity index (χ1v) is 10.1. The zero-order chi connectivity index (χ0) is 20.8. The van der Waals surface area contributed by atoms with E-state index >= 15 is 0 Å². The minimum absolute atomic E-state index is 0.00912. The monoisotopic (exact) mass is 408 g/mol. The molecule has 1 fully saturated rings. The van der Waals surface area contributed by atoms with Crippen molar-refractivity contribution in [2.45, 2.75) is 39.2 Å². The lowest BCUT2D eigenvalue weighted by molar-refractivity contribution is -0.0448. The molecule has 2 aromatic carbocycles. The van der Waals surface area contributed by atoms with Crippen LogP contribution in [-0.2, 0) is 9.47 Å². The number of rotatable bonds is 8. The third-order valence-corrected chi connectivity index (χ3v) is 5.07. The van der Waals surface area contributed by atoms with Gasteiger partial charge < -0.3 is 14.2 Å². The van der Waals surface area contributed by atoms with Crippen molar-refractivity contribution < 1.29 is 27.4 Å². The Morgan fingerprint density at radius 1 is 1.03 bits per heavy atom. The maximum atomic E-state index is 14.8. The molecule has 29 heavy (non-hydrogen) atoms. The second-order valence-electron chi connectivity index (χ2n) is 7.25. The summed E-state index contributed by atoms with van der Waals surface area (Å²) in [4.78, 5) is 0. The summed E-state index contributed by atoms with van der Waals surface area (Å²) >= 11 is 0. The van der Waals surface area contributed by atoms with Crippen LogP contribution < -0.4 is 4.74 Å². The van der Waals surface area contributed by atoms with Gasteiger partial charge in [-0.25, -0.2) is 13.2 Å². The SMILES string of the molecule is CCCOCC1CCC(c2ccc(-c3ccc(OCC)c(F)c3)c(F)c2F)OC1. The molecule has 0 bridgehead atoms. The van der Waals surface area contributed by atoms with Crippen molar-refractivity contribution >= 4 is 0 Å². The number of halogens is 3. The minimum Gasteiger partial charge on any atom is -0.491 e. The summed E-state index contributed by atoms with van der Waals surface area (Å²) in [6, 6.07) is 7.10. The van der Waals surface area contributed by atoms with Gasteiger partial charge in [-0.3, -0.25) is 0 Å². The Morgan fingerprint density at radius 3 is 2.52 bits per heavy atom. The van der Waals surface area contributed by atoms with Gasteiger partial charge in [0, 0.05) is 23.7 Å². The molecule has 1 aliphatic rings. The molecule has 6 heteroatoms. The third kappa shape index (κ3) is 5.11. The average molecular weight is 408 g/mol. The van der Waals surface area contributed by atoms with Gasteiger partial charge in [0.25, 0.3) is 0 Å². The summed E-state index contributed by atoms with van der Waals surface area (Å²) in [6.07, 6.45) is 1.91. The van der Waals surface area contributed by atoms with Crippen LogP contribution in [0.1, 0.15) is 44.8 Å². The van der Waals surface area contributed by atoms with Crippen LogP contribution in [0.15, 0.2) is 30.3 Å². The van der Waals surface area contributed by atoms with Crippen molar-refractivity contribution in [3.05, 3.63) is 53.3 Å². The Morgan fingerprint density at radius 2 is 1.86 bits per heavy atom. The number of benzene rings is 2. The van der Waals surface area contributed by atoms with Gasteiger partial charge in [-0.2, -0.15) is 0 Å². The van der Waals surface area contributed by atoms with Crippen molar-refractivity contribution in [3.8, 4) is 16.9 Å². The van der Waals surface area contributed by atoms with Gasteiger partial charge in [0.1, 0.15) is 0 Å². The van der Waals surface area contributed by atoms with Gasteiger partial charge in [0.05, 0.1) is 25.9 Å². The van der Waals surface area contributed by atoms with Crippen LogP contribution in [0.2, 0.25) is 0 Å². The molecule has 3 rings (SSSR count). The largest absolute Gasteiger partial charge is 0.491 e. The van der Waals surface area contributed by atoms with E-state index in [0.717, 1.165) is 18.9 Å². The lowest BCUT2D eigenvalue weighted by Gasteiger charge is -2.29. The van der Waals surface area contributed by atoms with Crippen LogP contribution in [0.3, 0.4) is 0 Å². The van der Waals surface area contributed by atoms with E-state index in [-0.39, 0.29) is 28.4 Å². The molecule has 1 heterocycles. The zero-order valence-electron chi connectivity index (χ0n) is 16.8. The summed E-state index contributed by atoms with van der Waals surface area (Å²) in [5.74, 6) is -2.19. The maximum Gasteiger partial charge on any atom is 0.167 e. The molecule has 0 aromatic heterocycles. The van der Waals surface area contributed by atoms with E-state index in [0.29, 0.717) is 32.8 Å². The average Bonchev–Trinajstić information content (AvgIpc) is 2.73. The highest BCUT2D eigenvalue weighted by Gasteiger charge is 2.27. The molecular weight excluding hydrogens is 381 g/mol. The predicted molar refractivity (Wildman–Crippen MR) is 105 cm³/mol. The first kappa shape index (κ1) is 21.7. The fourth-order valence-corrected chi connectivity index (χ4v) is 3.55. The molecule has 1 saturated heterocycles. The van der Waals surface area contributed by atoms with Gasteiger partial charge in [0.2, 0.25) is 0 Å². The van der Waals surface area contributed by atoms with Crippen molar-refractivity contribution in [1.29, 1.82) is 0 Å². The molecule has 0 radical (unpaired) electrons. The molecule has 2 unspecified atom stereocenters. The van der Waals surface area contributed by atoms with Crippen molar-refractivity contribution in [3.63, 3.8) is 0 Å². The van der Waals surface area contributed by atoms with Gasteiger partial charge in [-0.05, 0) is 43.9 Å². The van der Waals surface area contributed by atoms with Crippen LogP contribution >= 0.6 is 0 Å². The van der Waals surface area contributed by atoms with E-state index in [2.05, 4.69) is 6.92 Å². The van der Waals surface area contributed by atoms with E-state index in [1.807, 2.05) is 0 Å². The first-order valence-electron chi connectivity index (χ1n) is 10.1. The third-order valence-electron chi connectivity index (χ3n) is 5.07. The van der Waals surface area contributed by atoms with Crippen LogP contribution in [0.25, 0.3) is 11.1 Å². The lowest BCUT2D eigenvalue weighted by Crippen LogP contribution is -2.25. The maximum absolute atomic E-state index is 14.8. The summed E-state index contributed by atoms with van der Waals surface area (Å²) in [6.45, 7) is 5.92. The highest BCUT2D eigenvalue weighted by atomic mass is 19.2. The van der Waals surface area contributed by atoms with E-state index in [9.17, 15) is 13.2 Å². The Balaban J connectivity index is 1.73. The predicted octanol–water partition coefficient (Wildman–Crippen LogP) is 6.06. The standard InChI is InChI=1S/C23H27F3O3/c1-3-11-27-13-15-5-9-20(29-14-15)18-8-7-17(22(25)23(18)26)16-6-10-21(28-4-2)19(24)12-16/h6-8,10,12,15,20H,3-5,9,11,13-14H2,1-2H3. The lowest BCUT2D eigenvalue weighted by atomic mass is 9.93. The molecular formula is C23H27F3O3. The number of ether oxygens (including phenoxy) is 3. The second-order valence-corrected chi connectivity index (χ2v) is 7.25. The fraction of sp³-hybridized carbons (Fsp3) is 0.478. The first-order chi connectivity index (χ1) is 14.0. The van der Waals surface area contributed by atoms with Crippen LogP contribution in [0.4, 0.5) is 13.2 Å². The Kier molecular flexibility index (Phi) is 7.56. The molecule has 2 atom stereocenters. The van der Waals surface area contributed by atoms with Crippen LogP contribution in [0, 0.1) is 23.4 Å².